The normalized spacial score (nSPS) is 10.4. The number of phenolic OH excluding ortho intramolecular Hbond substituents is 1. The fourth-order valence-corrected chi connectivity index (χ4v) is 1.97. The molecule has 0 spiro atoms. The quantitative estimate of drug-likeness (QED) is 0.839. The van der Waals surface area contributed by atoms with Gasteiger partial charge in [-0.1, -0.05) is 40.9 Å². The number of halogens is 3. The Balaban J connectivity index is 2.06. The van der Waals surface area contributed by atoms with E-state index in [2.05, 4.69) is 5.32 Å². The van der Waals surface area contributed by atoms with E-state index >= 15 is 0 Å². The van der Waals surface area contributed by atoms with E-state index in [1.807, 2.05) is 6.07 Å². The Morgan fingerprint density at radius 3 is 2.33 bits per heavy atom. The molecule has 0 atom stereocenters. The predicted molar refractivity (Wildman–Crippen MR) is 76.9 cm³/mol. The molecule has 2 nitrogen and oxygen atoms in total. The third-order valence-electron chi connectivity index (χ3n) is 2.43. The van der Waals surface area contributed by atoms with Crippen LogP contribution in [-0.2, 0) is 6.54 Å². The summed E-state index contributed by atoms with van der Waals surface area (Å²) in [5, 5.41) is 13.9. The van der Waals surface area contributed by atoms with Gasteiger partial charge in [-0.3, -0.25) is 0 Å². The summed E-state index contributed by atoms with van der Waals surface area (Å²) in [5.41, 5.74) is 1.83. The molecule has 0 amide bonds. The molecule has 0 aromatic heterocycles. The van der Waals surface area contributed by atoms with Gasteiger partial charge in [0.15, 0.2) is 0 Å². The lowest BCUT2D eigenvalue weighted by atomic mass is 10.2. The molecule has 0 aliphatic rings. The highest BCUT2D eigenvalue weighted by atomic mass is 35.5. The van der Waals surface area contributed by atoms with E-state index in [1.54, 1.807) is 30.3 Å². The molecule has 2 aromatic rings. The fraction of sp³-hybridized carbons (Fsp3) is 0.0769. The van der Waals surface area contributed by atoms with Crippen molar-refractivity contribution in [2.45, 2.75) is 6.54 Å². The number of nitrogens with one attached hydrogen (secondary N) is 1. The number of benzene rings is 2. The molecule has 2 N–H and O–H groups in total. The second kappa shape index (κ2) is 5.70. The minimum Gasteiger partial charge on any atom is -0.506 e. The third kappa shape index (κ3) is 3.22. The van der Waals surface area contributed by atoms with Crippen LogP contribution >= 0.6 is 34.8 Å². The first kappa shape index (κ1) is 13.3. The van der Waals surface area contributed by atoms with Gasteiger partial charge in [0.05, 0.1) is 15.1 Å². The molecule has 0 heterocycles. The van der Waals surface area contributed by atoms with Gasteiger partial charge in [-0.25, -0.2) is 0 Å². The molecule has 2 rings (SSSR count). The highest BCUT2D eigenvalue weighted by molar-refractivity contribution is 6.42. The highest BCUT2D eigenvalue weighted by Gasteiger charge is 2.02. The standard InChI is InChI=1S/C13H10Cl3NO/c14-10-3-2-9(6-11(10)15)17-7-8-1-4-13(18)12(16)5-8/h1-6,17-18H,7H2. The maximum atomic E-state index is 9.31. The first-order chi connectivity index (χ1) is 8.56. The van der Waals surface area contributed by atoms with Crippen molar-refractivity contribution in [3.63, 3.8) is 0 Å². The maximum Gasteiger partial charge on any atom is 0.134 e. The number of rotatable bonds is 3. The van der Waals surface area contributed by atoms with E-state index in [0.29, 0.717) is 21.6 Å². The summed E-state index contributed by atoms with van der Waals surface area (Å²) in [6.07, 6.45) is 0. The summed E-state index contributed by atoms with van der Waals surface area (Å²) < 4.78 is 0. The van der Waals surface area contributed by atoms with Crippen molar-refractivity contribution in [2.75, 3.05) is 5.32 Å². The molecule has 94 valence electrons. The van der Waals surface area contributed by atoms with E-state index in [4.69, 9.17) is 34.8 Å². The molecule has 0 saturated carbocycles. The van der Waals surface area contributed by atoms with Crippen molar-refractivity contribution in [2.24, 2.45) is 0 Å². The molecular formula is C13H10Cl3NO. The molecule has 18 heavy (non-hydrogen) atoms. The van der Waals surface area contributed by atoms with Crippen LogP contribution in [0.5, 0.6) is 5.75 Å². The summed E-state index contributed by atoms with van der Waals surface area (Å²) in [7, 11) is 0. The third-order valence-corrected chi connectivity index (χ3v) is 3.47. The summed E-state index contributed by atoms with van der Waals surface area (Å²) in [4.78, 5) is 0. The van der Waals surface area contributed by atoms with Crippen LogP contribution in [0.2, 0.25) is 15.1 Å². The van der Waals surface area contributed by atoms with Gasteiger partial charge in [0.2, 0.25) is 0 Å². The van der Waals surface area contributed by atoms with Crippen molar-refractivity contribution in [3.05, 3.63) is 57.0 Å². The molecule has 2 aromatic carbocycles. The van der Waals surface area contributed by atoms with Gasteiger partial charge in [0.1, 0.15) is 5.75 Å². The van der Waals surface area contributed by atoms with Crippen molar-refractivity contribution in [3.8, 4) is 5.75 Å². The highest BCUT2D eigenvalue weighted by Crippen LogP contribution is 2.26. The van der Waals surface area contributed by atoms with Crippen LogP contribution in [0, 0.1) is 0 Å². The van der Waals surface area contributed by atoms with E-state index in [-0.39, 0.29) is 5.75 Å². The Morgan fingerprint density at radius 1 is 0.889 bits per heavy atom. The Hall–Kier alpha value is -1.09. The van der Waals surface area contributed by atoms with E-state index < -0.39 is 0 Å². The van der Waals surface area contributed by atoms with Crippen molar-refractivity contribution < 1.29 is 5.11 Å². The van der Waals surface area contributed by atoms with Crippen LogP contribution in [-0.4, -0.2) is 5.11 Å². The molecular weight excluding hydrogens is 293 g/mol. The van der Waals surface area contributed by atoms with Crippen LogP contribution in [0.1, 0.15) is 5.56 Å². The average molecular weight is 303 g/mol. The second-order valence-electron chi connectivity index (χ2n) is 3.77. The SMILES string of the molecule is Oc1ccc(CNc2ccc(Cl)c(Cl)c2)cc1Cl. The molecule has 0 fully saturated rings. The molecule has 0 unspecified atom stereocenters. The van der Waals surface area contributed by atoms with Gasteiger partial charge in [-0.2, -0.15) is 0 Å². The second-order valence-corrected chi connectivity index (χ2v) is 4.99. The zero-order valence-corrected chi connectivity index (χ0v) is 11.5. The zero-order valence-electron chi connectivity index (χ0n) is 9.25. The van der Waals surface area contributed by atoms with Gasteiger partial charge in [-0.05, 0) is 35.9 Å². The smallest absolute Gasteiger partial charge is 0.134 e. The zero-order chi connectivity index (χ0) is 13.1. The van der Waals surface area contributed by atoms with Crippen LogP contribution < -0.4 is 5.32 Å². The van der Waals surface area contributed by atoms with Crippen molar-refractivity contribution >= 4 is 40.5 Å². The summed E-state index contributed by atoms with van der Waals surface area (Å²) in [5.74, 6) is 0.0787. The van der Waals surface area contributed by atoms with Gasteiger partial charge < -0.3 is 10.4 Å². The predicted octanol–water partition coefficient (Wildman–Crippen LogP) is 4.96. The molecule has 0 aliphatic heterocycles. The number of anilines is 1. The summed E-state index contributed by atoms with van der Waals surface area (Å²) in [6.45, 7) is 0.581. The number of aromatic hydroxyl groups is 1. The van der Waals surface area contributed by atoms with E-state index in [1.165, 1.54) is 0 Å². The largest absolute Gasteiger partial charge is 0.506 e. The summed E-state index contributed by atoms with van der Waals surface area (Å²) >= 11 is 17.6. The van der Waals surface area contributed by atoms with Crippen LogP contribution in [0.3, 0.4) is 0 Å². The molecule has 0 saturated heterocycles. The Labute approximate surface area is 120 Å². The number of hydrogen-bond donors (Lipinski definition) is 2. The van der Waals surface area contributed by atoms with Gasteiger partial charge in [-0.15, -0.1) is 0 Å². The molecule has 0 radical (unpaired) electrons. The first-order valence-electron chi connectivity index (χ1n) is 5.22. The monoisotopic (exact) mass is 301 g/mol. The molecule has 0 bridgehead atoms. The van der Waals surface area contributed by atoms with Gasteiger partial charge >= 0.3 is 0 Å². The Bertz CT molecular complexity index is 521. The van der Waals surface area contributed by atoms with E-state index in [0.717, 1.165) is 11.3 Å². The minimum absolute atomic E-state index is 0.0787. The molecule has 0 aliphatic carbocycles. The van der Waals surface area contributed by atoms with Gasteiger partial charge in [0, 0.05) is 12.2 Å². The Kier molecular flexibility index (Phi) is 4.23. The number of hydrogen-bond acceptors (Lipinski definition) is 2. The lowest BCUT2D eigenvalue weighted by Crippen LogP contribution is -1.99. The van der Waals surface area contributed by atoms with Crippen LogP contribution in [0.15, 0.2) is 36.4 Å². The van der Waals surface area contributed by atoms with Crippen molar-refractivity contribution in [1.29, 1.82) is 0 Å². The van der Waals surface area contributed by atoms with Crippen LogP contribution in [0.4, 0.5) is 5.69 Å². The lowest BCUT2D eigenvalue weighted by molar-refractivity contribution is 0.475. The number of phenols is 1. The molecule has 5 heteroatoms. The summed E-state index contributed by atoms with van der Waals surface area (Å²) in [6, 6.07) is 10.4. The van der Waals surface area contributed by atoms with E-state index in [9.17, 15) is 5.11 Å². The topological polar surface area (TPSA) is 32.3 Å². The fourth-order valence-electron chi connectivity index (χ4n) is 1.47. The Morgan fingerprint density at radius 2 is 1.67 bits per heavy atom. The van der Waals surface area contributed by atoms with Gasteiger partial charge in [0.25, 0.3) is 0 Å². The van der Waals surface area contributed by atoms with Crippen LogP contribution in [0.25, 0.3) is 0 Å². The maximum absolute atomic E-state index is 9.31. The average Bonchev–Trinajstić information content (AvgIpc) is 2.35. The first-order valence-corrected chi connectivity index (χ1v) is 6.36. The lowest BCUT2D eigenvalue weighted by Gasteiger charge is -2.08. The minimum atomic E-state index is 0.0787. The van der Waals surface area contributed by atoms with Crippen molar-refractivity contribution in [1.82, 2.24) is 0 Å².